The third-order valence-corrected chi connectivity index (χ3v) is 6.87. The number of carbonyl (C=O) groups is 2. The zero-order chi connectivity index (χ0) is 23.9. The molecule has 33 heavy (non-hydrogen) atoms. The average Bonchev–Trinajstić information content (AvgIpc) is 3.36. The van der Waals surface area contributed by atoms with Crippen LogP contribution in [0.25, 0.3) is 0 Å². The summed E-state index contributed by atoms with van der Waals surface area (Å²) in [4.78, 5) is 27.1. The van der Waals surface area contributed by atoms with Crippen LogP contribution in [0.1, 0.15) is 21.8 Å². The predicted molar refractivity (Wildman–Crippen MR) is 131 cm³/mol. The average molecular weight is 526 g/mol. The fraction of sp³-hybridized carbons (Fsp3) is 0.167. The molecule has 1 aliphatic carbocycles. The highest BCUT2D eigenvalue weighted by Crippen LogP contribution is 2.65. The fourth-order valence-electron chi connectivity index (χ4n) is 3.76. The number of para-hydroxylation sites is 1. The van der Waals surface area contributed by atoms with Crippen molar-refractivity contribution in [1.82, 2.24) is 0 Å². The van der Waals surface area contributed by atoms with Crippen molar-refractivity contribution in [2.75, 3.05) is 17.3 Å². The first-order valence-electron chi connectivity index (χ1n) is 9.87. The molecule has 0 heterocycles. The second-order valence-electron chi connectivity index (χ2n) is 7.72. The Morgan fingerprint density at radius 1 is 0.970 bits per heavy atom. The van der Waals surface area contributed by atoms with Crippen molar-refractivity contribution in [1.29, 1.82) is 0 Å². The second kappa shape index (κ2) is 9.15. The summed E-state index contributed by atoms with van der Waals surface area (Å²) in [6.45, 7) is 0. The summed E-state index contributed by atoms with van der Waals surface area (Å²) < 4.78 is 13.1. The third-order valence-electron chi connectivity index (χ3n) is 5.49. The van der Waals surface area contributed by atoms with Gasteiger partial charge in [-0.15, -0.1) is 23.2 Å². The number of hydrogen-bond acceptors (Lipinski definition) is 2. The van der Waals surface area contributed by atoms with Crippen molar-refractivity contribution in [2.45, 2.75) is 10.3 Å². The molecule has 0 radical (unpaired) electrons. The van der Waals surface area contributed by atoms with Gasteiger partial charge in [0.05, 0.1) is 11.5 Å². The molecule has 1 N–H and O–H groups in total. The largest absolute Gasteiger partial charge is 0.326 e. The van der Waals surface area contributed by atoms with E-state index in [1.54, 1.807) is 49.5 Å². The highest BCUT2D eigenvalue weighted by Gasteiger charge is 2.67. The summed E-state index contributed by atoms with van der Waals surface area (Å²) in [5.41, 5.74) is 1.30. The first kappa shape index (κ1) is 23.8. The lowest BCUT2D eigenvalue weighted by Gasteiger charge is -2.18. The molecule has 9 heteroatoms. The summed E-state index contributed by atoms with van der Waals surface area (Å²) in [6.07, 6.45) is 0. The van der Waals surface area contributed by atoms with Crippen molar-refractivity contribution in [3.8, 4) is 0 Å². The highest BCUT2D eigenvalue weighted by atomic mass is 35.5. The summed E-state index contributed by atoms with van der Waals surface area (Å²) in [6, 6.07) is 17.5. The number of nitrogens with zero attached hydrogens (tertiary/aromatic N) is 1. The number of anilines is 2. The minimum absolute atomic E-state index is 0.184. The van der Waals surface area contributed by atoms with E-state index in [4.69, 9.17) is 46.4 Å². The highest BCUT2D eigenvalue weighted by molar-refractivity contribution is 6.53. The third kappa shape index (κ3) is 4.82. The lowest BCUT2D eigenvalue weighted by atomic mass is 10.1. The number of hydrogen-bond donors (Lipinski definition) is 1. The van der Waals surface area contributed by atoms with Gasteiger partial charge in [-0.25, -0.2) is 4.39 Å². The van der Waals surface area contributed by atoms with E-state index in [1.165, 1.54) is 17.0 Å². The standard InChI is InChI=1S/C24H17Cl4FN2O2/c1-31(17-5-3-2-4-6-17)23(33)18-12-16(7-8-19(18)29)30-22(32)21-20(24(21,27)28)13-9-14(25)11-15(26)10-13/h2-12,20-21H,1H3,(H,30,32)/t20-,21+/m1/s1. The Hall–Kier alpha value is -2.31. The van der Waals surface area contributed by atoms with Crippen molar-refractivity contribution in [2.24, 2.45) is 5.92 Å². The molecule has 2 amide bonds. The molecule has 0 unspecified atom stereocenters. The molecule has 2 atom stereocenters. The molecule has 4 rings (SSSR count). The molecule has 0 aromatic heterocycles. The summed E-state index contributed by atoms with van der Waals surface area (Å²) in [7, 11) is 1.54. The number of halogens is 5. The van der Waals surface area contributed by atoms with Crippen LogP contribution in [0.15, 0.2) is 66.7 Å². The van der Waals surface area contributed by atoms with Crippen molar-refractivity contribution < 1.29 is 14.0 Å². The molecule has 3 aromatic carbocycles. The van der Waals surface area contributed by atoms with Crippen LogP contribution >= 0.6 is 46.4 Å². The molecule has 0 saturated heterocycles. The van der Waals surface area contributed by atoms with Gasteiger partial charge in [-0.1, -0.05) is 41.4 Å². The van der Waals surface area contributed by atoms with E-state index in [0.717, 1.165) is 6.07 Å². The normalized spacial score (nSPS) is 18.5. The molecule has 1 saturated carbocycles. The number of alkyl halides is 2. The Labute approximate surface area is 210 Å². The fourth-order valence-corrected chi connectivity index (χ4v) is 5.13. The Morgan fingerprint density at radius 3 is 2.24 bits per heavy atom. The van der Waals surface area contributed by atoms with Gasteiger partial charge >= 0.3 is 0 Å². The van der Waals surface area contributed by atoms with Crippen LogP contribution in [0, 0.1) is 11.7 Å². The van der Waals surface area contributed by atoms with Gasteiger partial charge in [0, 0.05) is 34.4 Å². The number of rotatable bonds is 5. The zero-order valence-corrected chi connectivity index (χ0v) is 20.2. The van der Waals surface area contributed by atoms with Crippen LogP contribution in [0.3, 0.4) is 0 Å². The number of nitrogens with one attached hydrogen (secondary N) is 1. The van der Waals surface area contributed by atoms with Crippen LogP contribution in [-0.2, 0) is 4.79 Å². The van der Waals surface area contributed by atoms with Crippen molar-refractivity contribution >= 4 is 69.6 Å². The van der Waals surface area contributed by atoms with E-state index in [1.807, 2.05) is 6.07 Å². The second-order valence-corrected chi connectivity index (χ2v) is 10.0. The van der Waals surface area contributed by atoms with Gasteiger partial charge in [-0.2, -0.15) is 0 Å². The van der Waals surface area contributed by atoms with Crippen molar-refractivity contribution in [3.05, 3.63) is 93.7 Å². The molecule has 0 spiro atoms. The molecular weight excluding hydrogens is 509 g/mol. The number of amides is 2. The van der Waals surface area contributed by atoms with Crippen LogP contribution in [0.2, 0.25) is 10.0 Å². The van der Waals surface area contributed by atoms with Gasteiger partial charge in [-0.05, 0) is 54.1 Å². The van der Waals surface area contributed by atoms with Gasteiger partial charge in [0.2, 0.25) is 5.91 Å². The van der Waals surface area contributed by atoms with Crippen LogP contribution < -0.4 is 10.2 Å². The zero-order valence-electron chi connectivity index (χ0n) is 17.2. The lowest BCUT2D eigenvalue weighted by Crippen LogP contribution is -2.27. The molecule has 1 aliphatic rings. The van der Waals surface area contributed by atoms with Crippen LogP contribution in [0.4, 0.5) is 15.8 Å². The van der Waals surface area contributed by atoms with E-state index < -0.39 is 33.8 Å². The topological polar surface area (TPSA) is 49.4 Å². The van der Waals surface area contributed by atoms with Crippen LogP contribution in [-0.4, -0.2) is 23.2 Å². The Kier molecular flexibility index (Phi) is 6.61. The summed E-state index contributed by atoms with van der Waals surface area (Å²) in [5.74, 6) is -3.05. The minimum atomic E-state index is -1.36. The van der Waals surface area contributed by atoms with Gasteiger partial charge in [-0.3, -0.25) is 9.59 Å². The van der Waals surface area contributed by atoms with E-state index in [9.17, 15) is 14.0 Å². The van der Waals surface area contributed by atoms with Crippen molar-refractivity contribution in [3.63, 3.8) is 0 Å². The molecule has 0 bridgehead atoms. The summed E-state index contributed by atoms with van der Waals surface area (Å²) >= 11 is 24.9. The maximum Gasteiger partial charge on any atom is 0.261 e. The summed E-state index contributed by atoms with van der Waals surface area (Å²) in [5, 5.41) is 3.48. The molecular formula is C24H17Cl4FN2O2. The monoisotopic (exact) mass is 524 g/mol. The Bertz CT molecular complexity index is 1220. The van der Waals surface area contributed by atoms with Gasteiger partial charge < -0.3 is 10.2 Å². The van der Waals surface area contributed by atoms with E-state index >= 15 is 0 Å². The molecule has 4 nitrogen and oxygen atoms in total. The number of carbonyl (C=O) groups excluding carboxylic acids is 2. The number of benzene rings is 3. The molecule has 170 valence electrons. The smallest absolute Gasteiger partial charge is 0.261 e. The molecule has 0 aliphatic heterocycles. The lowest BCUT2D eigenvalue weighted by molar-refractivity contribution is -0.117. The first-order valence-corrected chi connectivity index (χ1v) is 11.4. The minimum Gasteiger partial charge on any atom is -0.326 e. The maximum atomic E-state index is 14.5. The van der Waals surface area contributed by atoms with E-state index in [0.29, 0.717) is 21.3 Å². The molecule has 3 aromatic rings. The van der Waals surface area contributed by atoms with E-state index in [2.05, 4.69) is 5.32 Å². The Balaban J connectivity index is 1.54. The van der Waals surface area contributed by atoms with Gasteiger partial charge in [0.15, 0.2) is 0 Å². The Morgan fingerprint density at radius 2 is 1.61 bits per heavy atom. The predicted octanol–water partition coefficient (Wildman–Crippen LogP) is 6.94. The quantitative estimate of drug-likeness (QED) is 0.367. The maximum absolute atomic E-state index is 14.5. The van der Waals surface area contributed by atoms with Gasteiger partial charge in [0.25, 0.3) is 5.91 Å². The first-order chi connectivity index (χ1) is 15.6. The van der Waals surface area contributed by atoms with Crippen LogP contribution in [0.5, 0.6) is 0 Å². The molecule has 1 fully saturated rings. The van der Waals surface area contributed by atoms with Gasteiger partial charge in [0.1, 0.15) is 10.2 Å². The van der Waals surface area contributed by atoms with E-state index in [-0.39, 0.29) is 11.3 Å². The SMILES string of the molecule is CN(C(=O)c1cc(NC(=O)[C@@H]2[C@@H](c3cc(Cl)cc(Cl)c3)C2(Cl)Cl)ccc1F)c1ccccc1.